The van der Waals surface area contributed by atoms with Gasteiger partial charge in [0.15, 0.2) is 9.84 Å². The number of aryl methyl sites for hydroxylation is 1. The summed E-state index contributed by atoms with van der Waals surface area (Å²) in [5.41, 5.74) is 4.41. The van der Waals surface area contributed by atoms with Gasteiger partial charge in [0.1, 0.15) is 5.25 Å². The molecule has 1 aliphatic carbocycles. The van der Waals surface area contributed by atoms with E-state index < -0.39 is 26.9 Å². The molecule has 6 nitrogen and oxygen atoms in total. The van der Waals surface area contributed by atoms with Gasteiger partial charge in [0.05, 0.1) is 24.5 Å². The number of allylic oxidation sites excluding steroid dienone is 2. The van der Waals surface area contributed by atoms with Crippen molar-refractivity contribution in [1.82, 2.24) is 4.90 Å². The van der Waals surface area contributed by atoms with E-state index in [2.05, 4.69) is 0 Å². The molecule has 1 aliphatic heterocycles. The Bertz CT molecular complexity index is 1460. The maximum Gasteiger partial charge on any atom is 0.309 e. The van der Waals surface area contributed by atoms with Gasteiger partial charge < -0.3 is 9.64 Å². The largest absolute Gasteiger partial charge is 0.469 e. The molecule has 3 aromatic rings. The Labute approximate surface area is 223 Å². The van der Waals surface area contributed by atoms with Gasteiger partial charge in [-0.25, -0.2) is 8.42 Å². The lowest BCUT2D eigenvalue weighted by Crippen LogP contribution is -2.49. The van der Waals surface area contributed by atoms with Crippen LogP contribution in [0.4, 0.5) is 0 Å². The van der Waals surface area contributed by atoms with Crippen molar-refractivity contribution in [2.75, 3.05) is 7.11 Å². The highest BCUT2D eigenvalue weighted by atomic mass is 32.2. The van der Waals surface area contributed by atoms with Crippen LogP contribution in [0.15, 0.2) is 101 Å². The van der Waals surface area contributed by atoms with Crippen LogP contribution in [0.25, 0.3) is 0 Å². The highest BCUT2D eigenvalue weighted by Gasteiger charge is 2.48. The molecular formula is C31H31NO5S. The minimum absolute atomic E-state index is 0.0444. The number of hydrogen-bond acceptors (Lipinski definition) is 5. The average molecular weight is 530 g/mol. The van der Waals surface area contributed by atoms with Gasteiger partial charge >= 0.3 is 5.97 Å². The number of methoxy groups -OCH3 is 1. The normalized spacial score (nSPS) is 21.7. The van der Waals surface area contributed by atoms with Crippen LogP contribution in [0.1, 0.15) is 41.9 Å². The lowest BCUT2D eigenvalue weighted by Gasteiger charge is -2.43. The van der Waals surface area contributed by atoms with E-state index in [9.17, 15) is 18.0 Å². The number of amides is 1. The molecule has 2 aliphatic rings. The Morgan fingerprint density at radius 2 is 1.58 bits per heavy atom. The maximum absolute atomic E-state index is 14.0. The molecule has 3 atom stereocenters. The molecule has 38 heavy (non-hydrogen) atoms. The minimum atomic E-state index is -3.99. The first-order valence-corrected chi connectivity index (χ1v) is 14.4. The minimum Gasteiger partial charge on any atom is -0.469 e. The van der Waals surface area contributed by atoms with Gasteiger partial charge in [-0.05, 0) is 55.0 Å². The Morgan fingerprint density at radius 3 is 2.21 bits per heavy atom. The Hall–Kier alpha value is -3.71. The molecule has 0 saturated heterocycles. The van der Waals surface area contributed by atoms with Crippen molar-refractivity contribution in [2.45, 2.75) is 48.8 Å². The SMILES string of the molecule is COC(=O)C1CCC2=C(CC(S(=O)(=O)c3ccc(C)cc3)C(=O)N2Cc2ccccc2)C1c1ccccc1. The Balaban J connectivity index is 1.66. The maximum atomic E-state index is 14.0. The smallest absolute Gasteiger partial charge is 0.309 e. The van der Waals surface area contributed by atoms with Crippen molar-refractivity contribution in [1.29, 1.82) is 0 Å². The lowest BCUT2D eigenvalue weighted by atomic mass is 9.70. The molecule has 3 unspecified atom stereocenters. The second-order valence-corrected chi connectivity index (χ2v) is 12.1. The number of rotatable bonds is 6. The number of benzene rings is 3. The zero-order chi connectivity index (χ0) is 26.9. The number of esters is 1. The van der Waals surface area contributed by atoms with E-state index in [1.807, 2.05) is 67.6 Å². The molecule has 196 valence electrons. The summed E-state index contributed by atoms with van der Waals surface area (Å²) in [6, 6.07) is 25.8. The molecule has 0 spiro atoms. The fraction of sp³-hybridized carbons (Fsp3) is 0.290. The Kier molecular flexibility index (Phi) is 7.21. The van der Waals surface area contributed by atoms with Crippen molar-refractivity contribution < 1.29 is 22.7 Å². The molecule has 3 aromatic carbocycles. The summed E-state index contributed by atoms with van der Waals surface area (Å²) in [7, 11) is -2.61. The molecule has 0 N–H and O–H groups in total. The number of sulfone groups is 1. The standard InChI is InChI=1S/C31H31NO5S/c1-21-13-15-24(16-14-21)38(35,36)28-19-26-27(32(30(28)33)20-22-9-5-3-6-10-22)18-17-25(31(34)37-2)29(26)23-11-7-4-8-12-23/h3-16,25,28-29H,17-20H2,1-2H3. The van der Waals surface area contributed by atoms with Crippen LogP contribution >= 0.6 is 0 Å². The summed E-state index contributed by atoms with van der Waals surface area (Å²) < 4.78 is 33.0. The highest BCUT2D eigenvalue weighted by molar-refractivity contribution is 7.92. The van der Waals surface area contributed by atoms with Crippen LogP contribution in [-0.2, 0) is 30.7 Å². The molecule has 1 amide bonds. The van der Waals surface area contributed by atoms with Gasteiger partial charge in [0, 0.05) is 11.6 Å². The topological polar surface area (TPSA) is 80.8 Å². The summed E-state index contributed by atoms with van der Waals surface area (Å²) in [6.07, 6.45) is 1.05. The Morgan fingerprint density at radius 1 is 0.947 bits per heavy atom. The van der Waals surface area contributed by atoms with Crippen LogP contribution in [0.2, 0.25) is 0 Å². The van der Waals surface area contributed by atoms with Gasteiger partial charge in [-0.3, -0.25) is 9.59 Å². The van der Waals surface area contributed by atoms with E-state index in [0.29, 0.717) is 12.8 Å². The number of nitrogens with zero attached hydrogens (tertiary/aromatic N) is 1. The monoisotopic (exact) mass is 529 g/mol. The first kappa shape index (κ1) is 25.9. The molecular weight excluding hydrogens is 498 g/mol. The van der Waals surface area contributed by atoms with Gasteiger partial charge in [0.25, 0.3) is 0 Å². The zero-order valence-electron chi connectivity index (χ0n) is 21.5. The second-order valence-electron chi connectivity index (χ2n) is 9.99. The van der Waals surface area contributed by atoms with Gasteiger partial charge in [-0.2, -0.15) is 0 Å². The first-order chi connectivity index (χ1) is 18.3. The summed E-state index contributed by atoms with van der Waals surface area (Å²) in [5, 5.41) is -1.28. The average Bonchev–Trinajstić information content (AvgIpc) is 2.94. The first-order valence-electron chi connectivity index (χ1n) is 12.8. The molecule has 0 radical (unpaired) electrons. The lowest BCUT2D eigenvalue weighted by molar-refractivity contribution is -0.146. The summed E-state index contributed by atoms with van der Waals surface area (Å²) in [5.74, 6) is -1.59. The van der Waals surface area contributed by atoms with Crippen LogP contribution in [0.5, 0.6) is 0 Å². The third-order valence-corrected chi connectivity index (χ3v) is 9.73. The quantitative estimate of drug-likeness (QED) is 0.411. The molecule has 1 heterocycles. The number of ether oxygens (including phenoxy) is 1. The molecule has 0 bridgehead atoms. The number of carbonyl (C=O) groups excluding carboxylic acids is 2. The van der Waals surface area contributed by atoms with E-state index in [1.54, 1.807) is 29.2 Å². The predicted molar refractivity (Wildman–Crippen MR) is 145 cm³/mol. The second kappa shape index (κ2) is 10.6. The van der Waals surface area contributed by atoms with E-state index in [-0.39, 0.29) is 29.7 Å². The predicted octanol–water partition coefficient (Wildman–Crippen LogP) is 5.19. The zero-order valence-corrected chi connectivity index (χ0v) is 22.4. The molecule has 5 rings (SSSR count). The van der Waals surface area contributed by atoms with Crippen molar-refractivity contribution in [3.8, 4) is 0 Å². The number of hydrogen-bond donors (Lipinski definition) is 0. The van der Waals surface area contributed by atoms with Crippen molar-refractivity contribution in [2.24, 2.45) is 5.92 Å². The van der Waals surface area contributed by atoms with E-state index in [1.165, 1.54) is 7.11 Å². The van der Waals surface area contributed by atoms with Crippen molar-refractivity contribution in [3.63, 3.8) is 0 Å². The third kappa shape index (κ3) is 4.78. The van der Waals surface area contributed by atoms with Crippen molar-refractivity contribution >= 4 is 21.7 Å². The summed E-state index contributed by atoms with van der Waals surface area (Å²) in [6.45, 7) is 2.16. The number of carbonyl (C=O) groups is 2. The van der Waals surface area contributed by atoms with E-state index in [0.717, 1.165) is 28.0 Å². The fourth-order valence-corrected chi connectivity index (χ4v) is 7.40. The van der Waals surface area contributed by atoms with Gasteiger partial charge in [-0.15, -0.1) is 0 Å². The van der Waals surface area contributed by atoms with E-state index in [4.69, 9.17) is 4.74 Å². The van der Waals surface area contributed by atoms with Gasteiger partial charge in [-0.1, -0.05) is 78.4 Å². The van der Waals surface area contributed by atoms with Crippen LogP contribution in [-0.4, -0.2) is 37.6 Å². The van der Waals surface area contributed by atoms with Crippen LogP contribution in [0.3, 0.4) is 0 Å². The molecule has 0 aromatic heterocycles. The summed E-state index contributed by atoms with van der Waals surface area (Å²) in [4.78, 5) is 28.7. The fourth-order valence-electron chi connectivity index (χ4n) is 5.76. The van der Waals surface area contributed by atoms with Gasteiger partial charge in [0.2, 0.25) is 5.91 Å². The van der Waals surface area contributed by atoms with Crippen LogP contribution in [0, 0.1) is 12.8 Å². The van der Waals surface area contributed by atoms with Crippen molar-refractivity contribution in [3.05, 3.63) is 113 Å². The molecule has 0 fully saturated rings. The highest BCUT2D eigenvalue weighted by Crippen LogP contribution is 2.48. The van der Waals surface area contributed by atoms with Crippen LogP contribution < -0.4 is 0 Å². The molecule has 0 saturated carbocycles. The third-order valence-electron chi connectivity index (χ3n) is 7.68. The van der Waals surface area contributed by atoms with E-state index >= 15 is 0 Å². The summed E-state index contributed by atoms with van der Waals surface area (Å²) >= 11 is 0. The molecule has 7 heteroatoms.